The molecule has 0 unspecified atom stereocenters. The third kappa shape index (κ3) is 3.21. The van der Waals surface area contributed by atoms with E-state index in [9.17, 15) is 0 Å². The zero-order valence-electron chi connectivity index (χ0n) is 25.0. The Morgan fingerprint density at radius 1 is 0.404 bits per heavy atom. The molecule has 11 aromatic rings. The molecule has 0 bridgehead atoms. The van der Waals surface area contributed by atoms with Crippen LogP contribution in [0.1, 0.15) is 0 Å². The van der Waals surface area contributed by atoms with E-state index in [1.807, 2.05) is 30.9 Å². The molecule has 6 heterocycles. The molecule has 0 aliphatic rings. The van der Waals surface area contributed by atoms with Crippen molar-refractivity contribution in [2.24, 2.45) is 0 Å². The van der Waals surface area contributed by atoms with Gasteiger partial charge < -0.3 is 9.13 Å². The number of hydrogen-bond donors (Lipinski definition) is 0. The smallest absolute Gasteiger partial charge is 0.146 e. The summed E-state index contributed by atoms with van der Waals surface area (Å²) in [4.78, 5) is 14.1. The quantitative estimate of drug-likeness (QED) is 0.186. The summed E-state index contributed by atoms with van der Waals surface area (Å²) in [6, 6.07) is 43.6. The summed E-state index contributed by atoms with van der Waals surface area (Å²) in [7, 11) is 0. The second-order valence-corrected chi connectivity index (χ2v) is 12.2. The average molecular weight is 601 g/mol. The molecule has 5 aromatic carbocycles. The van der Waals surface area contributed by atoms with Crippen molar-refractivity contribution in [1.29, 1.82) is 0 Å². The molecule has 6 nitrogen and oxygen atoms in total. The van der Waals surface area contributed by atoms with Crippen LogP contribution in [0.5, 0.6) is 0 Å². The number of nitrogens with zero attached hydrogens (tertiary/aromatic N) is 6. The van der Waals surface area contributed by atoms with Gasteiger partial charge in [0.2, 0.25) is 0 Å². The van der Waals surface area contributed by atoms with Crippen LogP contribution < -0.4 is 0 Å². The Bertz CT molecular complexity index is 3060. The van der Waals surface area contributed by atoms with Crippen LogP contribution in [-0.4, -0.2) is 28.5 Å². The molecule has 0 aliphatic carbocycles. The van der Waals surface area contributed by atoms with Crippen molar-refractivity contribution in [3.63, 3.8) is 0 Å². The first-order valence-electron chi connectivity index (χ1n) is 15.8. The van der Waals surface area contributed by atoms with E-state index in [4.69, 9.17) is 4.98 Å². The molecule has 6 heteroatoms. The van der Waals surface area contributed by atoms with Crippen LogP contribution in [0.2, 0.25) is 0 Å². The second kappa shape index (κ2) is 9.02. The van der Waals surface area contributed by atoms with E-state index >= 15 is 0 Å². The summed E-state index contributed by atoms with van der Waals surface area (Å²) in [5.74, 6) is 0. The predicted octanol–water partition coefficient (Wildman–Crippen LogP) is 9.78. The minimum Gasteiger partial charge on any atom is -0.309 e. The lowest BCUT2D eigenvalue weighted by atomic mass is 10.0. The molecule has 0 N–H and O–H groups in total. The Morgan fingerprint density at radius 3 is 1.85 bits per heavy atom. The van der Waals surface area contributed by atoms with Crippen LogP contribution in [0.25, 0.3) is 93.3 Å². The molecule has 0 atom stereocenters. The number of rotatable bonds is 2. The number of pyridine rings is 3. The van der Waals surface area contributed by atoms with Crippen molar-refractivity contribution in [3.05, 3.63) is 146 Å². The van der Waals surface area contributed by atoms with E-state index in [0.29, 0.717) is 0 Å². The zero-order valence-corrected chi connectivity index (χ0v) is 25.0. The molecular weight excluding hydrogens is 576 g/mol. The van der Waals surface area contributed by atoms with Gasteiger partial charge in [-0.15, -0.1) is 0 Å². The average Bonchev–Trinajstić information content (AvgIpc) is 3.79. The Hall–Kier alpha value is -6.53. The highest BCUT2D eigenvalue weighted by Crippen LogP contribution is 2.44. The lowest BCUT2D eigenvalue weighted by Crippen LogP contribution is -1.95. The summed E-state index contributed by atoms with van der Waals surface area (Å²) < 4.78 is 7.05. The molecule has 0 spiro atoms. The summed E-state index contributed by atoms with van der Waals surface area (Å²) >= 11 is 0. The summed E-state index contributed by atoms with van der Waals surface area (Å²) in [5, 5.41) is 8.29. The highest BCUT2D eigenvalue weighted by atomic mass is 15.0. The number of para-hydroxylation sites is 3. The first-order valence-corrected chi connectivity index (χ1v) is 15.8. The summed E-state index contributed by atoms with van der Waals surface area (Å²) in [6.07, 6.45) is 7.51. The monoisotopic (exact) mass is 600 g/mol. The Morgan fingerprint density at radius 2 is 1.06 bits per heavy atom. The molecule has 218 valence electrons. The van der Waals surface area contributed by atoms with Crippen molar-refractivity contribution in [3.8, 4) is 11.4 Å². The highest BCUT2D eigenvalue weighted by Gasteiger charge is 2.23. The lowest BCUT2D eigenvalue weighted by Gasteiger charge is -2.11. The van der Waals surface area contributed by atoms with Crippen LogP contribution in [-0.2, 0) is 0 Å². The topological polar surface area (TPSA) is 52.9 Å². The van der Waals surface area contributed by atoms with E-state index < -0.39 is 0 Å². The molecule has 0 aliphatic heterocycles. The standard InChI is InChI=1S/C41H24N6/c1-3-9-25(10-4-1)45-33-14-8-7-13-28(33)39-35(45)15-16-36-40(39)31-21-30-29(22-37(31)46(36)26-11-5-2-6-12-26)27-17-19-43-24-38(27)47-34-18-20-42-23-32(34)44-41(30)47/h1-24H. The van der Waals surface area contributed by atoms with Gasteiger partial charge in [-0.2, -0.15) is 0 Å². The van der Waals surface area contributed by atoms with Crippen LogP contribution in [0.4, 0.5) is 0 Å². The van der Waals surface area contributed by atoms with E-state index in [2.05, 4.69) is 139 Å². The van der Waals surface area contributed by atoms with E-state index in [-0.39, 0.29) is 0 Å². The maximum absolute atomic E-state index is 5.16. The third-order valence-electron chi connectivity index (χ3n) is 9.76. The van der Waals surface area contributed by atoms with Crippen LogP contribution >= 0.6 is 0 Å². The number of fused-ring (bicyclic) bond motifs is 15. The Kier molecular flexibility index (Phi) is 4.75. The SMILES string of the molecule is c1ccc(-n2c3ccccc3c3c4c5cc6c(cc5n(-c5ccccc5)c4ccc32)c2ccncc2n2c3ccncc3nc62)cc1. The number of aromatic nitrogens is 6. The molecule has 0 saturated carbocycles. The second-order valence-electron chi connectivity index (χ2n) is 12.2. The zero-order chi connectivity index (χ0) is 30.6. The van der Waals surface area contributed by atoms with Gasteiger partial charge in [0.05, 0.1) is 45.5 Å². The van der Waals surface area contributed by atoms with Gasteiger partial charge in [0.25, 0.3) is 0 Å². The van der Waals surface area contributed by atoms with Gasteiger partial charge in [-0.25, -0.2) is 4.98 Å². The predicted molar refractivity (Wildman–Crippen MR) is 192 cm³/mol. The molecule has 0 fully saturated rings. The highest BCUT2D eigenvalue weighted by molar-refractivity contribution is 6.31. The normalized spacial score (nSPS) is 12.3. The first-order chi connectivity index (χ1) is 23.3. The third-order valence-corrected chi connectivity index (χ3v) is 9.76. The number of hydrogen-bond acceptors (Lipinski definition) is 3. The van der Waals surface area contributed by atoms with Gasteiger partial charge in [-0.05, 0) is 72.1 Å². The Balaban J connectivity index is 1.42. The fourth-order valence-corrected chi connectivity index (χ4v) is 7.88. The van der Waals surface area contributed by atoms with E-state index in [0.717, 1.165) is 55.2 Å². The van der Waals surface area contributed by atoms with Crippen molar-refractivity contribution < 1.29 is 0 Å². The molecule has 47 heavy (non-hydrogen) atoms. The van der Waals surface area contributed by atoms with Gasteiger partial charge in [0.1, 0.15) is 11.2 Å². The van der Waals surface area contributed by atoms with Gasteiger partial charge in [-0.3, -0.25) is 14.4 Å². The van der Waals surface area contributed by atoms with Crippen molar-refractivity contribution in [2.75, 3.05) is 0 Å². The summed E-state index contributed by atoms with van der Waals surface area (Å²) in [6.45, 7) is 0. The number of imidazole rings is 1. The largest absolute Gasteiger partial charge is 0.309 e. The van der Waals surface area contributed by atoms with E-state index in [1.54, 1.807) is 0 Å². The van der Waals surface area contributed by atoms with Crippen LogP contribution in [0.15, 0.2) is 146 Å². The van der Waals surface area contributed by atoms with Crippen LogP contribution in [0, 0.1) is 0 Å². The minimum absolute atomic E-state index is 0.866. The molecular formula is C41H24N6. The van der Waals surface area contributed by atoms with Gasteiger partial charge >= 0.3 is 0 Å². The maximum atomic E-state index is 5.16. The molecule has 0 saturated heterocycles. The molecule has 11 rings (SSSR count). The maximum Gasteiger partial charge on any atom is 0.146 e. The lowest BCUT2D eigenvalue weighted by molar-refractivity contribution is 1.17. The summed E-state index contributed by atoms with van der Waals surface area (Å²) in [5.41, 5.74) is 10.8. The van der Waals surface area contributed by atoms with Crippen molar-refractivity contribution >= 4 is 82.0 Å². The fraction of sp³-hybridized carbons (Fsp3) is 0. The van der Waals surface area contributed by atoms with Crippen molar-refractivity contribution in [1.82, 2.24) is 28.5 Å². The fourth-order valence-electron chi connectivity index (χ4n) is 7.88. The molecule has 0 amide bonds. The van der Waals surface area contributed by atoms with Crippen molar-refractivity contribution in [2.45, 2.75) is 0 Å². The molecule has 6 aromatic heterocycles. The van der Waals surface area contributed by atoms with E-state index in [1.165, 1.54) is 38.1 Å². The van der Waals surface area contributed by atoms with Gasteiger partial charge in [-0.1, -0.05) is 54.6 Å². The Labute approximate surface area is 267 Å². The minimum atomic E-state index is 0.866. The first kappa shape index (κ1) is 24.8. The molecule has 0 radical (unpaired) electrons. The van der Waals surface area contributed by atoms with Gasteiger partial charge in [0.15, 0.2) is 0 Å². The number of benzene rings is 5. The van der Waals surface area contributed by atoms with Gasteiger partial charge in [0, 0.05) is 56.1 Å². The van der Waals surface area contributed by atoms with Crippen LogP contribution in [0.3, 0.4) is 0 Å².